The minimum absolute atomic E-state index is 0.611. The van der Waals surface area contributed by atoms with Gasteiger partial charge < -0.3 is 10.1 Å². The van der Waals surface area contributed by atoms with E-state index in [0.717, 1.165) is 26.1 Å². The minimum Gasteiger partial charge on any atom is -0.385 e. The van der Waals surface area contributed by atoms with Gasteiger partial charge in [-0.3, -0.25) is 4.90 Å². The van der Waals surface area contributed by atoms with Crippen LogP contribution in [-0.2, 0) is 4.74 Å². The van der Waals surface area contributed by atoms with Crippen molar-refractivity contribution in [3.8, 4) is 0 Å². The third-order valence-electron chi connectivity index (χ3n) is 3.66. The van der Waals surface area contributed by atoms with Crippen molar-refractivity contribution in [1.82, 2.24) is 10.2 Å². The number of nitrogens with zero attached hydrogens (tertiary/aromatic N) is 1. The van der Waals surface area contributed by atoms with Crippen molar-refractivity contribution < 1.29 is 4.74 Å². The molecule has 0 saturated carbocycles. The first-order valence-corrected chi connectivity index (χ1v) is 6.54. The molecular formula is C13H28N2O. The fraction of sp³-hybridized carbons (Fsp3) is 1.00. The molecule has 3 heteroatoms. The molecule has 1 fully saturated rings. The molecule has 16 heavy (non-hydrogen) atoms. The van der Waals surface area contributed by atoms with Crippen molar-refractivity contribution in [2.75, 3.05) is 26.8 Å². The fourth-order valence-corrected chi connectivity index (χ4v) is 2.54. The molecule has 1 aliphatic heterocycles. The summed E-state index contributed by atoms with van der Waals surface area (Å²) < 4.78 is 5.18. The molecule has 0 aromatic carbocycles. The molecule has 0 aromatic rings. The average Bonchev–Trinajstić information content (AvgIpc) is 2.25. The third kappa shape index (κ3) is 3.72. The lowest BCUT2D eigenvalue weighted by Gasteiger charge is -2.44. The van der Waals surface area contributed by atoms with Gasteiger partial charge in [0.1, 0.15) is 0 Å². The van der Waals surface area contributed by atoms with E-state index in [0.29, 0.717) is 24.0 Å². The van der Waals surface area contributed by atoms with Crippen molar-refractivity contribution >= 4 is 0 Å². The Morgan fingerprint density at radius 2 is 2.06 bits per heavy atom. The summed E-state index contributed by atoms with van der Waals surface area (Å²) in [6.07, 6.45) is 1.13. The van der Waals surface area contributed by atoms with Crippen LogP contribution in [0, 0.1) is 5.92 Å². The first-order chi connectivity index (χ1) is 7.56. The Hall–Kier alpha value is -0.120. The third-order valence-corrected chi connectivity index (χ3v) is 3.66. The van der Waals surface area contributed by atoms with Crippen LogP contribution in [0.5, 0.6) is 0 Å². The molecule has 0 spiro atoms. The predicted molar refractivity (Wildman–Crippen MR) is 68.8 cm³/mol. The van der Waals surface area contributed by atoms with E-state index in [-0.39, 0.29) is 0 Å². The summed E-state index contributed by atoms with van der Waals surface area (Å²) in [6.45, 7) is 12.4. The van der Waals surface area contributed by atoms with Crippen LogP contribution in [0.2, 0.25) is 0 Å². The molecule has 1 aliphatic rings. The number of nitrogens with one attached hydrogen (secondary N) is 1. The monoisotopic (exact) mass is 228 g/mol. The van der Waals surface area contributed by atoms with Crippen LogP contribution >= 0.6 is 0 Å². The second-order valence-electron chi connectivity index (χ2n) is 5.45. The lowest BCUT2D eigenvalue weighted by molar-refractivity contribution is 0.0497. The molecule has 1 saturated heterocycles. The van der Waals surface area contributed by atoms with Crippen molar-refractivity contribution in [3.63, 3.8) is 0 Å². The topological polar surface area (TPSA) is 24.5 Å². The van der Waals surface area contributed by atoms with E-state index in [1.165, 1.54) is 0 Å². The molecule has 1 heterocycles. The molecule has 3 nitrogen and oxygen atoms in total. The average molecular weight is 228 g/mol. The highest BCUT2D eigenvalue weighted by atomic mass is 16.5. The summed E-state index contributed by atoms with van der Waals surface area (Å²) in [4.78, 5) is 2.66. The lowest BCUT2D eigenvalue weighted by atomic mass is 9.96. The van der Waals surface area contributed by atoms with E-state index in [1.807, 2.05) is 0 Å². The molecule has 3 unspecified atom stereocenters. The van der Waals surface area contributed by atoms with Crippen LogP contribution in [0.25, 0.3) is 0 Å². The van der Waals surface area contributed by atoms with Gasteiger partial charge in [-0.2, -0.15) is 0 Å². The molecule has 0 aromatic heterocycles. The van der Waals surface area contributed by atoms with Crippen molar-refractivity contribution in [2.45, 2.75) is 52.2 Å². The zero-order valence-corrected chi connectivity index (χ0v) is 11.5. The molecular weight excluding hydrogens is 200 g/mol. The Labute approximate surface area is 101 Å². The Morgan fingerprint density at radius 1 is 1.38 bits per heavy atom. The largest absolute Gasteiger partial charge is 0.385 e. The summed E-state index contributed by atoms with van der Waals surface area (Å²) in [5, 5.41) is 3.58. The van der Waals surface area contributed by atoms with Crippen LogP contribution < -0.4 is 5.32 Å². The van der Waals surface area contributed by atoms with Gasteiger partial charge in [-0.05, 0) is 26.2 Å². The summed E-state index contributed by atoms with van der Waals surface area (Å²) >= 11 is 0. The maximum Gasteiger partial charge on any atom is 0.0477 e. The van der Waals surface area contributed by atoms with Gasteiger partial charge in [0.2, 0.25) is 0 Å². The van der Waals surface area contributed by atoms with Gasteiger partial charge in [0.15, 0.2) is 0 Å². The fourth-order valence-electron chi connectivity index (χ4n) is 2.54. The normalized spacial score (nSPS) is 29.6. The highest BCUT2D eigenvalue weighted by Gasteiger charge is 2.30. The summed E-state index contributed by atoms with van der Waals surface area (Å²) in [7, 11) is 1.78. The number of ether oxygens (including phenoxy) is 1. The second-order valence-corrected chi connectivity index (χ2v) is 5.45. The van der Waals surface area contributed by atoms with Crippen LogP contribution in [0.3, 0.4) is 0 Å². The van der Waals surface area contributed by atoms with Crippen LogP contribution in [0.15, 0.2) is 0 Å². The van der Waals surface area contributed by atoms with Gasteiger partial charge in [0, 0.05) is 44.9 Å². The smallest absolute Gasteiger partial charge is 0.0477 e. The molecule has 0 radical (unpaired) electrons. The highest BCUT2D eigenvalue weighted by molar-refractivity contribution is 4.88. The molecule has 1 N–H and O–H groups in total. The number of hydrogen-bond acceptors (Lipinski definition) is 3. The highest BCUT2D eigenvalue weighted by Crippen LogP contribution is 2.19. The van der Waals surface area contributed by atoms with Gasteiger partial charge in [-0.25, -0.2) is 0 Å². The van der Waals surface area contributed by atoms with Crippen molar-refractivity contribution in [1.29, 1.82) is 0 Å². The van der Waals surface area contributed by atoms with Gasteiger partial charge in [-0.1, -0.05) is 13.8 Å². The first kappa shape index (κ1) is 13.9. The summed E-state index contributed by atoms with van der Waals surface area (Å²) in [5.74, 6) is 0.713. The van der Waals surface area contributed by atoms with Gasteiger partial charge >= 0.3 is 0 Å². The number of hydrogen-bond donors (Lipinski definition) is 1. The number of piperazine rings is 1. The van der Waals surface area contributed by atoms with Gasteiger partial charge in [0.25, 0.3) is 0 Å². The Kier molecular flexibility index (Phi) is 5.73. The molecule has 0 aliphatic carbocycles. The zero-order valence-electron chi connectivity index (χ0n) is 11.5. The van der Waals surface area contributed by atoms with E-state index in [9.17, 15) is 0 Å². The quantitative estimate of drug-likeness (QED) is 0.775. The molecule has 0 amide bonds. The summed E-state index contributed by atoms with van der Waals surface area (Å²) in [6, 6.07) is 1.90. The van der Waals surface area contributed by atoms with E-state index >= 15 is 0 Å². The van der Waals surface area contributed by atoms with Gasteiger partial charge in [0.05, 0.1) is 0 Å². The zero-order chi connectivity index (χ0) is 12.1. The minimum atomic E-state index is 0.611. The number of methoxy groups -OCH3 is 1. The van der Waals surface area contributed by atoms with Gasteiger partial charge in [-0.15, -0.1) is 0 Å². The molecule has 96 valence electrons. The van der Waals surface area contributed by atoms with Crippen LogP contribution in [0.4, 0.5) is 0 Å². The Morgan fingerprint density at radius 3 is 2.62 bits per heavy atom. The standard InChI is InChI=1S/C13H28N2O/c1-10(2)13-8-14-11(3)9-15(13)12(4)6-7-16-5/h10-14H,6-9H2,1-5H3. The van der Waals surface area contributed by atoms with Crippen molar-refractivity contribution in [2.24, 2.45) is 5.92 Å². The van der Waals surface area contributed by atoms with E-state index in [2.05, 4.69) is 37.9 Å². The Balaban J connectivity index is 2.56. The van der Waals surface area contributed by atoms with Crippen LogP contribution in [-0.4, -0.2) is 49.8 Å². The summed E-state index contributed by atoms with van der Waals surface area (Å²) in [5.41, 5.74) is 0. The molecule has 0 bridgehead atoms. The molecule has 3 atom stereocenters. The Bertz CT molecular complexity index is 196. The SMILES string of the molecule is COCCC(C)N1CC(C)NCC1C(C)C. The molecule has 1 rings (SSSR count). The van der Waals surface area contributed by atoms with E-state index in [4.69, 9.17) is 4.74 Å². The number of rotatable bonds is 5. The van der Waals surface area contributed by atoms with Crippen LogP contribution in [0.1, 0.15) is 34.1 Å². The lowest BCUT2D eigenvalue weighted by Crippen LogP contribution is -2.59. The maximum absolute atomic E-state index is 5.18. The van der Waals surface area contributed by atoms with E-state index < -0.39 is 0 Å². The maximum atomic E-state index is 5.18. The van der Waals surface area contributed by atoms with E-state index in [1.54, 1.807) is 7.11 Å². The first-order valence-electron chi connectivity index (χ1n) is 6.54. The second kappa shape index (κ2) is 6.58. The van der Waals surface area contributed by atoms with Crippen molar-refractivity contribution in [3.05, 3.63) is 0 Å². The predicted octanol–water partition coefficient (Wildman–Crippen LogP) is 1.73.